The van der Waals surface area contributed by atoms with Gasteiger partial charge in [-0.3, -0.25) is 0 Å². The van der Waals surface area contributed by atoms with Gasteiger partial charge in [-0.25, -0.2) is 8.42 Å². The number of methoxy groups -OCH3 is 1. The normalized spacial score (nSPS) is 16.2. The van der Waals surface area contributed by atoms with Crippen molar-refractivity contribution in [1.82, 2.24) is 14.4 Å². The Labute approximate surface area is 147 Å². The Morgan fingerprint density at radius 1 is 1.16 bits per heavy atom. The SMILES string of the molecule is CCCc1noc(N2CCN(S(=O)(=O)c3ccc(OC)cc3)CC2)n1. The Morgan fingerprint density at radius 3 is 2.44 bits per heavy atom. The maximum atomic E-state index is 12.7. The van der Waals surface area contributed by atoms with E-state index < -0.39 is 10.0 Å². The molecule has 25 heavy (non-hydrogen) atoms. The quantitative estimate of drug-likeness (QED) is 0.766. The maximum Gasteiger partial charge on any atom is 0.324 e. The highest BCUT2D eigenvalue weighted by Crippen LogP contribution is 2.22. The smallest absolute Gasteiger partial charge is 0.324 e. The van der Waals surface area contributed by atoms with Crippen LogP contribution in [0.4, 0.5) is 6.01 Å². The molecule has 0 unspecified atom stereocenters. The standard InChI is InChI=1S/C16H22N4O4S/c1-3-4-15-17-16(24-18-15)19-9-11-20(12-10-19)25(21,22)14-7-5-13(23-2)6-8-14/h5-8H,3-4,9-12H2,1-2H3. The van der Waals surface area contributed by atoms with E-state index in [-0.39, 0.29) is 4.90 Å². The van der Waals surface area contributed by atoms with E-state index in [4.69, 9.17) is 9.26 Å². The number of anilines is 1. The molecule has 0 saturated carbocycles. The minimum Gasteiger partial charge on any atom is -0.497 e. The molecule has 3 rings (SSSR count). The summed E-state index contributed by atoms with van der Waals surface area (Å²) in [6.07, 6.45) is 1.72. The van der Waals surface area contributed by atoms with Crippen LogP contribution in [0.15, 0.2) is 33.7 Å². The molecule has 0 amide bonds. The summed E-state index contributed by atoms with van der Waals surface area (Å²) >= 11 is 0. The third-order valence-corrected chi connectivity index (χ3v) is 6.05. The van der Waals surface area contributed by atoms with E-state index in [9.17, 15) is 8.42 Å². The maximum absolute atomic E-state index is 12.7. The van der Waals surface area contributed by atoms with Gasteiger partial charge in [0.1, 0.15) is 5.75 Å². The Balaban J connectivity index is 1.65. The predicted molar refractivity (Wildman–Crippen MR) is 92.3 cm³/mol. The topological polar surface area (TPSA) is 88.8 Å². The van der Waals surface area contributed by atoms with Gasteiger partial charge in [0.25, 0.3) is 0 Å². The number of aromatic nitrogens is 2. The second-order valence-electron chi connectivity index (χ2n) is 5.81. The van der Waals surface area contributed by atoms with Crippen LogP contribution in [0.25, 0.3) is 0 Å². The Hall–Kier alpha value is -2.13. The van der Waals surface area contributed by atoms with Crippen LogP contribution in [-0.4, -0.2) is 56.2 Å². The molecular weight excluding hydrogens is 344 g/mol. The van der Waals surface area contributed by atoms with Crippen molar-refractivity contribution in [1.29, 1.82) is 0 Å². The van der Waals surface area contributed by atoms with Crippen LogP contribution < -0.4 is 9.64 Å². The number of aryl methyl sites for hydroxylation is 1. The second-order valence-corrected chi connectivity index (χ2v) is 7.75. The third-order valence-electron chi connectivity index (χ3n) is 4.14. The lowest BCUT2D eigenvalue weighted by Gasteiger charge is -2.32. The van der Waals surface area contributed by atoms with Crippen LogP contribution in [0.1, 0.15) is 19.2 Å². The molecule has 2 heterocycles. The van der Waals surface area contributed by atoms with E-state index in [2.05, 4.69) is 17.1 Å². The van der Waals surface area contributed by atoms with Crippen LogP contribution in [0.5, 0.6) is 5.75 Å². The molecule has 0 spiro atoms. The minimum atomic E-state index is -3.51. The fraction of sp³-hybridized carbons (Fsp3) is 0.500. The first-order chi connectivity index (χ1) is 12.0. The fourth-order valence-electron chi connectivity index (χ4n) is 2.71. The molecule has 1 aliphatic rings. The summed E-state index contributed by atoms with van der Waals surface area (Å²) in [6, 6.07) is 6.89. The van der Waals surface area contributed by atoms with Crippen molar-refractivity contribution in [2.45, 2.75) is 24.7 Å². The van der Waals surface area contributed by atoms with Crippen molar-refractivity contribution in [3.05, 3.63) is 30.1 Å². The van der Waals surface area contributed by atoms with Gasteiger partial charge in [0.2, 0.25) is 10.0 Å². The zero-order valence-corrected chi connectivity index (χ0v) is 15.2. The first-order valence-corrected chi connectivity index (χ1v) is 9.70. The molecule has 1 fully saturated rings. The van der Waals surface area contributed by atoms with Gasteiger partial charge in [-0.15, -0.1) is 0 Å². The first kappa shape index (κ1) is 17.7. The number of hydrogen-bond donors (Lipinski definition) is 0. The van der Waals surface area contributed by atoms with Gasteiger partial charge in [0.05, 0.1) is 12.0 Å². The monoisotopic (exact) mass is 366 g/mol. The zero-order chi connectivity index (χ0) is 17.9. The van der Waals surface area contributed by atoms with Gasteiger partial charge in [0, 0.05) is 32.6 Å². The number of piperazine rings is 1. The molecule has 8 nitrogen and oxygen atoms in total. The molecule has 0 N–H and O–H groups in total. The van der Waals surface area contributed by atoms with Crippen molar-refractivity contribution < 1.29 is 17.7 Å². The van der Waals surface area contributed by atoms with E-state index in [0.717, 1.165) is 12.8 Å². The van der Waals surface area contributed by atoms with E-state index in [1.807, 2.05) is 4.90 Å². The summed E-state index contributed by atoms with van der Waals surface area (Å²) < 4.78 is 37.3. The molecule has 1 aromatic heterocycles. The van der Waals surface area contributed by atoms with Gasteiger partial charge >= 0.3 is 6.01 Å². The number of nitrogens with zero attached hydrogens (tertiary/aromatic N) is 4. The summed E-state index contributed by atoms with van der Waals surface area (Å²) in [5, 5.41) is 3.94. The van der Waals surface area contributed by atoms with Crippen LogP contribution in [0.2, 0.25) is 0 Å². The van der Waals surface area contributed by atoms with Crippen molar-refractivity contribution in [3.8, 4) is 5.75 Å². The lowest BCUT2D eigenvalue weighted by atomic mass is 10.3. The van der Waals surface area contributed by atoms with Crippen molar-refractivity contribution in [2.24, 2.45) is 0 Å². The largest absolute Gasteiger partial charge is 0.497 e. The van der Waals surface area contributed by atoms with Crippen LogP contribution in [0, 0.1) is 0 Å². The molecule has 0 bridgehead atoms. The van der Waals surface area contributed by atoms with E-state index in [1.54, 1.807) is 31.4 Å². The summed E-state index contributed by atoms with van der Waals surface area (Å²) in [6.45, 7) is 3.84. The van der Waals surface area contributed by atoms with Gasteiger partial charge in [-0.05, 0) is 30.7 Å². The molecule has 0 radical (unpaired) electrons. The molecule has 1 aliphatic heterocycles. The Bertz CT molecular complexity index is 796. The highest BCUT2D eigenvalue weighted by Gasteiger charge is 2.30. The molecule has 136 valence electrons. The summed E-state index contributed by atoms with van der Waals surface area (Å²) in [4.78, 5) is 6.55. The number of hydrogen-bond acceptors (Lipinski definition) is 7. The average Bonchev–Trinajstić information content (AvgIpc) is 3.11. The molecule has 1 aromatic carbocycles. The van der Waals surface area contributed by atoms with E-state index in [1.165, 1.54) is 4.31 Å². The van der Waals surface area contributed by atoms with Crippen LogP contribution in [-0.2, 0) is 16.4 Å². The van der Waals surface area contributed by atoms with Crippen molar-refractivity contribution in [3.63, 3.8) is 0 Å². The van der Waals surface area contributed by atoms with Crippen molar-refractivity contribution >= 4 is 16.0 Å². The zero-order valence-electron chi connectivity index (χ0n) is 14.4. The fourth-order valence-corrected chi connectivity index (χ4v) is 4.14. The Morgan fingerprint density at radius 2 is 1.84 bits per heavy atom. The molecule has 9 heteroatoms. The number of rotatable bonds is 6. The number of sulfonamides is 1. The minimum absolute atomic E-state index is 0.268. The molecule has 0 aliphatic carbocycles. The third kappa shape index (κ3) is 3.77. The lowest BCUT2D eigenvalue weighted by Crippen LogP contribution is -2.48. The summed E-state index contributed by atoms with van der Waals surface area (Å²) in [5.41, 5.74) is 0. The van der Waals surface area contributed by atoms with Crippen molar-refractivity contribution in [2.75, 3.05) is 38.2 Å². The summed E-state index contributed by atoms with van der Waals surface area (Å²) in [7, 11) is -1.96. The molecule has 0 atom stereocenters. The van der Waals surface area contributed by atoms with Crippen LogP contribution in [0.3, 0.4) is 0 Å². The molecular formula is C16H22N4O4S. The number of ether oxygens (including phenoxy) is 1. The number of benzene rings is 1. The van der Waals surface area contributed by atoms with E-state index in [0.29, 0.717) is 43.8 Å². The molecule has 2 aromatic rings. The van der Waals surface area contributed by atoms with Gasteiger partial charge in [-0.2, -0.15) is 9.29 Å². The lowest BCUT2D eigenvalue weighted by molar-refractivity contribution is 0.353. The first-order valence-electron chi connectivity index (χ1n) is 8.26. The second kappa shape index (κ2) is 7.40. The Kier molecular flexibility index (Phi) is 5.24. The highest BCUT2D eigenvalue weighted by molar-refractivity contribution is 7.89. The average molecular weight is 366 g/mol. The highest BCUT2D eigenvalue weighted by atomic mass is 32.2. The van der Waals surface area contributed by atoms with Gasteiger partial charge < -0.3 is 14.2 Å². The predicted octanol–water partition coefficient (Wildman–Crippen LogP) is 1.54. The molecule has 1 saturated heterocycles. The van der Waals surface area contributed by atoms with E-state index >= 15 is 0 Å². The van der Waals surface area contributed by atoms with Crippen LogP contribution >= 0.6 is 0 Å². The van der Waals surface area contributed by atoms with Gasteiger partial charge in [0.15, 0.2) is 5.82 Å². The summed E-state index contributed by atoms with van der Waals surface area (Å²) in [5.74, 6) is 1.31. The van der Waals surface area contributed by atoms with Gasteiger partial charge in [-0.1, -0.05) is 12.1 Å².